The molecule has 0 amide bonds. The first-order valence-corrected chi connectivity index (χ1v) is 10.5. The fourth-order valence-electron chi connectivity index (χ4n) is 3.14. The maximum atomic E-state index is 13.1. The van der Waals surface area contributed by atoms with Crippen molar-refractivity contribution in [1.82, 2.24) is 19.7 Å². The van der Waals surface area contributed by atoms with E-state index in [2.05, 4.69) is 20.5 Å². The molecule has 9 heteroatoms. The maximum Gasteiger partial charge on any atom is 0.258 e. The summed E-state index contributed by atoms with van der Waals surface area (Å²) in [7, 11) is 0. The van der Waals surface area contributed by atoms with Crippen LogP contribution in [0.3, 0.4) is 0 Å². The van der Waals surface area contributed by atoms with Gasteiger partial charge in [-0.05, 0) is 55.0 Å². The Bertz CT molecular complexity index is 1310. The zero-order valence-corrected chi connectivity index (χ0v) is 18.5. The van der Waals surface area contributed by atoms with E-state index in [1.807, 2.05) is 12.1 Å². The van der Waals surface area contributed by atoms with Gasteiger partial charge in [-0.3, -0.25) is 14.2 Å². The second kappa shape index (κ2) is 10.1. The SMILES string of the molecule is CC(=O)Cc1cnc(Nc2ccc(Oc3cccnn3)cc2)n(Cc2ccc(Cl)cc2)c1=O. The summed E-state index contributed by atoms with van der Waals surface area (Å²) < 4.78 is 7.16. The smallest absolute Gasteiger partial charge is 0.258 e. The zero-order valence-electron chi connectivity index (χ0n) is 17.7. The van der Waals surface area contributed by atoms with E-state index in [1.165, 1.54) is 17.7 Å². The van der Waals surface area contributed by atoms with Crippen molar-refractivity contribution in [3.63, 3.8) is 0 Å². The number of hydrogen-bond acceptors (Lipinski definition) is 7. The molecule has 1 N–H and O–H groups in total. The molecule has 4 aromatic rings. The molecule has 4 rings (SSSR count). The number of ether oxygens (including phenoxy) is 1. The van der Waals surface area contributed by atoms with Gasteiger partial charge in [0.25, 0.3) is 5.56 Å². The second-order valence-corrected chi connectivity index (χ2v) is 7.75. The van der Waals surface area contributed by atoms with Gasteiger partial charge in [0, 0.05) is 41.2 Å². The Balaban J connectivity index is 1.60. The fourth-order valence-corrected chi connectivity index (χ4v) is 3.27. The van der Waals surface area contributed by atoms with Crippen molar-refractivity contribution in [3.05, 3.63) is 99.6 Å². The largest absolute Gasteiger partial charge is 0.438 e. The summed E-state index contributed by atoms with van der Waals surface area (Å²) in [5.41, 5.74) is 1.65. The molecule has 2 aromatic heterocycles. The molecule has 0 saturated heterocycles. The number of carbonyl (C=O) groups excluding carboxylic acids is 1. The summed E-state index contributed by atoms with van der Waals surface area (Å²) in [6, 6.07) is 17.8. The first-order chi connectivity index (χ1) is 16.0. The summed E-state index contributed by atoms with van der Waals surface area (Å²) in [4.78, 5) is 29.1. The lowest BCUT2D eigenvalue weighted by Crippen LogP contribution is -2.28. The van der Waals surface area contributed by atoms with Crippen molar-refractivity contribution < 1.29 is 9.53 Å². The number of halogens is 1. The van der Waals surface area contributed by atoms with E-state index >= 15 is 0 Å². The number of rotatable bonds is 8. The van der Waals surface area contributed by atoms with Crippen LogP contribution in [-0.2, 0) is 17.8 Å². The fraction of sp³-hybridized carbons (Fsp3) is 0.125. The number of anilines is 2. The Labute approximate surface area is 194 Å². The lowest BCUT2D eigenvalue weighted by atomic mass is 10.2. The number of ketones is 1. The average Bonchev–Trinajstić information content (AvgIpc) is 2.81. The highest BCUT2D eigenvalue weighted by molar-refractivity contribution is 6.30. The molecule has 0 radical (unpaired) electrons. The third-order valence-electron chi connectivity index (χ3n) is 4.69. The topological polar surface area (TPSA) is 99.0 Å². The van der Waals surface area contributed by atoms with Crippen molar-refractivity contribution >= 4 is 29.0 Å². The van der Waals surface area contributed by atoms with Crippen LogP contribution in [0.15, 0.2) is 77.9 Å². The van der Waals surface area contributed by atoms with Gasteiger partial charge in [-0.2, -0.15) is 5.10 Å². The molecule has 8 nitrogen and oxygen atoms in total. The predicted octanol–water partition coefficient (Wildman–Crippen LogP) is 4.40. The van der Waals surface area contributed by atoms with E-state index in [9.17, 15) is 9.59 Å². The molecule has 0 unspecified atom stereocenters. The molecule has 166 valence electrons. The summed E-state index contributed by atoms with van der Waals surface area (Å²) in [6.45, 7) is 1.71. The molecular formula is C24H20ClN5O3. The van der Waals surface area contributed by atoms with Gasteiger partial charge >= 0.3 is 0 Å². The van der Waals surface area contributed by atoms with Crippen LogP contribution in [0.5, 0.6) is 11.6 Å². The number of nitrogens with one attached hydrogen (secondary N) is 1. The number of carbonyl (C=O) groups is 1. The van der Waals surface area contributed by atoms with Gasteiger partial charge in [0.05, 0.1) is 6.54 Å². The van der Waals surface area contributed by atoms with Crippen LogP contribution in [-0.4, -0.2) is 25.5 Å². The van der Waals surface area contributed by atoms with E-state index in [0.717, 1.165) is 5.56 Å². The normalized spacial score (nSPS) is 10.6. The molecule has 0 fully saturated rings. The van der Waals surface area contributed by atoms with Gasteiger partial charge in [-0.15, -0.1) is 5.10 Å². The predicted molar refractivity (Wildman–Crippen MR) is 125 cm³/mol. The zero-order chi connectivity index (χ0) is 23.2. The van der Waals surface area contributed by atoms with E-state index in [4.69, 9.17) is 16.3 Å². The van der Waals surface area contributed by atoms with Crippen molar-refractivity contribution in [2.75, 3.05) is 5.32 Å². The molecule has 0 spiro atoms. The number of hydrogen-bond donors (Lipinski definition) is 1. The van der Waals surface area contributed by atoms with Gasteiger partial charge in [-0.25, -0.2) is 4.98 Å². The van der Waals surface area contributed by atoms with Gasteiger partial charge in [0.1, 0.15) is 11.5 Å². The van der Waals surface area contributed by atoms with Crippen LogP contribution in [0.25, 0.3) is 0 Å². The van der Waals surface area contributed by atoms with E-state index in [0.29, 0.717) is 33.9 Å². The van der Waals surface area contributed by atoms with Gasteiger partial charge in [0.2, 0.25) is 11.8 Å². The quantitative estimate of drug-likeness (QED) is 0.415. The molecule has 0 atom stereocenters. The molecule has 0 aliphatic heterocycles. The average molecular weight is 462 g/mol. The van der Waals surface area contributed by atoms with Gasteiger partial charge in [-0.1, -0.05) is 23.7 Å². The van der Waals surface area contributed by atoms with Crippen LogP contribution >= 0.6 is 11.6 Å². The Hall–Kier alpha value is -4.04. The maximum absolute atomic E-state index is 13.1. The molecule has 0 aliphatic carbocycles. The van der Waals surface area contributed by atoms with Crippen LogP contribution < -0.4 is 15.6 Å². The Morgan fingerprint density at radius 2 is 1.85 bits per heavy atom. The van der Waals surface area contributed by atoms with Gasteiger partial charge < -0.3 is 10.1 Å². The molecule has 0 bridgehead atoms. The monoisotopic (exact) mass is 461 g/mol. The van der Waals surface area contributed by atoms with Crippen molar-refractivity contribution in [2.24, 2.45) is 0 Å². The molecule has 33 heavy (non-hydrogen) atoms. The van der Waals surface area contributed by atoms with Crippen LogP contribution in [0, 0.1) is 0 Å². The first kappa shape index (κ1) is 22.2. The third kappa shape index (κ3) is 5.81. The molecule has 2 heterocycles. The second-order valence-electron chi connectivity index (χ2n) is 7.32. The van der Waals surface area contributed by atoms with E-state index < -0.39 is 0 Å². The number of Topliss-reactive ketones (excluding diaryl/α,β-unsaturated/α-hetero) is 1. The third-order valence-corrected chi connectivity index (χ3v) is 4.94. The lowest BCUT2D eigenvalue weighted by molar-refractivity contribution is -0.116. The molecular weight excluding hydrogens is 442 g/mol. The Morgan fingerprint density at radius 3 is 2.52 bits per heavy atom. The summed E-state index contributed by atoms with van der Waals surface area (Å²) in [6.07, 6.45) is 3.04. The van der Waals surface area contributed by atoms with E-state index in [-0.39, 0.29) is 24.3 Å². The highest BCUT2D eigenvalue weighted by Gasteiger charge is 2.13. The number of benzene rings is 2. The molecule has 2 aromatic carbocycles. The molecule has 0 saturated carbocycles. The standard InChI is InChI=1S/C24H20ClN5O3/c1-16(31)13-18-14-26-24(30(23(18)32)15-17-4-6-19(25)7-5-17)28-20-8-10-21(11-9-20)33-22-3-2-12-27-29-22/h2-12,14H,13,15H2,1H3,(H,26,28). The minimum atomic E-state index is -0.278. The van der Waals surface area contributed by atoms with Crippen molar-refractivity contribution in [3.8, 4) is 11.6 Å². The minimum absolute atomic E-state index is 0.0289. The highest BCUT2D eigenvalue weighted by atomic mass is 35.5. The van der Waals surface area contributed by atoms with E-state index in [1.54, 1.807) is 54.7 Å². The van der Waals surface area contributed by atoms with Gasteiger partial charge in [0.15, 0.2) is 0 Å². The summed E-state index contributed by atoms with van der Waals surface area (Å²) in [5.74, 6) is 1.22. The van der Waals surface area contributed by atoms with Crippen LogP contribution in [0.2, 0.25) is 5.02 Å². The first-order valence-electron chi connectivity index (χ1n) is 10.1. The van der Waals surface area contributed by atoms with Crippen molar-refractivity contribution in [1.29, 1.82) is 0 Å². The molecule has 0 aliphatic rings. The minimum Gasteiger partial charge on any atom is -0.438 e. The summed E-state index contributed by atoms with van der Waals surface area (Å²) >= 11 is 5.98. The number of aromatic nitrogens is 4. The van der Waals surface area contributed by atoms with Crippen molar-refractivity contribution in [2.45, 2.75) is 19.9 Å². The van der Waals surface area contributed by atoms with Crippen LogP contribution in [0.1, 0.15) is 18.1 Å². The Kier molecular flexibility index (Phi) is 6.75. The number of nitrogens with zero attached hydrogens (tertiary/aromatic N) is 4. The van der Waals surface area contributed by atoms with Crippen LogP contribution in [0.4, 0.5) is 11.6 Å². The summed E-state index contributed by atoms with van der Waals surface area (Å²) in [5, 5.41) is 11.5. The highest BCUT2D eigenvalue weighted by Crippen LogP contribution is 2.23. The Morgan fingerprint density at radius 1 is 1.09 bits per heavy atom. The lowest BCUT2D eigenvalue weighted by Gasteiger charge is -2.15.